The van der Waals surface area contributed by atoms with Crippen molar-refractivity contribution in [2.24, 2.45) is 0 Å². The van der Waals surface area contributed by atoms with Gasteiger partial charge >= 0.3 is 6.18 Å². The number of rotatable bonds is 2. The highest BCUT2D eigenvalue weighted by molar-refractivity contribution is 5.47. The first-order chi connectivity index (χ1) is 8.88. The summed E-state index contributed by atoms with van der Waals surface area (Å²) in [5.74, 6) is -0.892. The van der Waals surface area contributed by atoms with Crippen LogP contribution in [-0.2, 0) is 17.5 Å². The van der Waals surface area contributed by atoms with Crippen LogP contribution in [0.3, 0.4) is 0 Å². The molecular formula is C10H14F3N5O. The molecule has 1 fully saturated rings. The SMILES string of the molecule is Nc1nc(N)c(C(F)(F)F)c(CN2CCOCC2)n1. The molecule has 0 bridgehead atoms. The maximum Gasteiger partial charge on any atom is 0.421 e. The molecule has 0 aromatic carbocycles. The van der Waals surface area contributed by atoms with Crippen molar-refractivity contribution in [3.05, 3.63) is 11.3 Å². The number of halogens is 3. The number of hydrogen-bond acceptors (Lipinski definition) is 6. The zero-order chi connectivity index (χ0) is 14.0. The second-order valence-corrected chi connectivity index (χ2v) is 4.18. The first-order valence-corrected chi connectivity index (χ1v) is 5.67. The number of anilines is 2. The van der Waals surface area contributed by atoms with Crippen molar-refractivity contribution in [2.75, 3.05) is 37.8 Å². The molecule has 1 aromatic rings. The summed E-state index contributed by atoms with van der Waals surface area (Å²) in [5.41, 5.74) is 9.48. The van der Waals surface area contributed by atoms with E-state index in [1.807, 2.05) is 0 Å². The lowest BCUT2D eigenvalue weighted by Crippen LogP contribution is -2.36. The highest BCUT2D eigenvalue weighted by Crippen LogP contribution is 2.35. The van der Waals surface area contributed by atoms with E-state index in [0.29, 0.717) is 26.3 Å². The number of ether oxygens (including phenoxy) is 1. The lowest BCUT2D eigenvalue weighted by Gasteiger charge is -2.27. The number of aromatic nitrogens is 2. The van der Waals surface area contributed by atoms with Crippen LogP contribution >= 0.6 is 0 Å². The van der Waals surface area contributed by atoms with E-state index in [1.54, 1.807) is 4.90 Å². The van der Waals surface area contributed by atoms with Crippen molar-refractivity contribution in [1.82, 2.24) is 14.9 Å². The number of nitrogen functional groups attached to an aromatic ring is 2. The Hall–Kier alpha value is -1.61. The molecule has 1 saturated heterocycles. The third kappa shape index (κ3) is 3.24. The largest absolute Gasteiger partial charge is 0.421 e. The molecule has 0 radical (unpaired) electrons. The van der Waals surface area contributed by atoms with Gasteiger partial charge in [0.1, 0.15) is 11.4 Å². The minimum atomic E-state index is -4.60. The molecule has 0 spiro atoms. The fraction of sp³-hybridized carbons (Fsp3) is 0.600. The van der Waals surface area contributed by atoms with E-state index in [2.05, 4.69) is 9.97 Å². The van der Waals surface area contributed by atoms with Gasteiger partial charge in [0.15, 0.2) is 0 Å². The molecule has 0 atom stereocenters. The Morgan fingerprint density at radius 3 is 2.37 bits per heavy atom. The highest BCUT2D eigenvalue weighted by Gasteiger charge is 2.38. The van der Waals surface area contributed by atoms with E-state index in [4.69, 9.17) is 16.2 Å². The van der Waals surface area contributed by atoms with Gasteiger partial charge in [-0.05, 0) is 0 Å². The molecule has 0 aliphatic carbocycles. The third-order valence-corrected chi connectivity index (χ3v) is 2.79. The van der Waals surface area contributed by atoms with Crippen LogP contribution in [-0.4, -0.2) is 41.2 Å². The standard InChI is InChI=1S/C10H14F3N5O/c11-10(12,13)7-6(16-9(15)17-8(7)14)5-18-1-3-19-4-2-18/h1-5H2,(H4,14,15,16,17). The molecule has 106 valence electrons. The lowest BCUT2D eigenvalue weighted by atomic mass is 10.2. The predicted octanol–water partition coefficient (Wildman–Crippen LogP) is 0.492. The van der Waals surface area contributed by atoms with Crippen molar-refractivity contribution < 1.29 is 17.9 Å². The average Bonchev–Trinajstić information content (AvgIpc) is 2.27. The number of morpholine rings is 1. The summed E-state index contributed by atoms with van der Waals surface area (Å²) in [6.45, 7) is 2.08. The van der Waals surface area contributed by atoms with Crippen LogP contribution in [0.2, 0.25) is 0 Å². The Kier molecular flexibility index (Phi) is 3.76. The van der Waals surface area contributed by atoms with Gasteiger partial charge in [-0.2, -0.15) is 18.2 Å². The van der Waals surface area contributed by atoms with Crippen LogP contribution in [0.4, 0.5) is 24.9 Å². The Morgan fingerprint density at radius 2 is 1.79 bits per heavy atom. The van der Waals surface area contributed by atoms with Gasteiger partial charge in [-0.25, -0.2) is 4.98 Å². The number of hydrogen-bond donors (Lipinski definition) is 2. The molecule has 0 saturated carbocycles. The predicted molar refractivity (Wildman–Crippen MR) is 62.0 cm³/mol. The van der Waals surface area contributed by atoms with Gasteiger partial charge in [-0.15, -0.1) is 0 Å². The maximum atomic E-state index is 13.0. The number of nitrogens with two attached hydrogens (primary N) is 2. The van der Waals surface area contributed by atoms with E-state index < -0.39 is 17.6 Å². The first-order valence-electron chi connectivity index (χ1n) is 5.67. The van der Waals surface area contributed by atoms with E-state index >= 15 is 0 Å². The van der Waals surface area contributed by atoms with Crippen LogP contribution in [0.1, 0.15) is 11.3 Å². The Morgan fingerprint density at radius 1 is 1.16 bits per heavy atom. The van der Waals surface area contributed by atoms with Crippen LogP contribution in [0, 0.1) is 0 Å². The first kappa shape index (κ1) is 13.8. The Bertz CT molecular complexity index is 459. The van der Waals surface area contributed by atoms with Crippen LogP contribution < -0.4 is 11.5 Å². The van der Waals surface area contributed by atoms with Crippen molar-refractivity contribution in [3.63, 3.8) is 0 Å². The van der Waals surface area contributed by atoms with E-state index in [1.165, 1.54) is 0 Å². The summed E-state index contributed by atoms with van der Waals surface area (Å²) in [6.07, 6.45) is -4.60. The fourth-order valence-corrected chi connectivity index (χ4v) is 1.94. The fourth-order valence-electron chi connectivity index (χ4n) is 1.94. The van der Waals surface area contributed by atoms with Gasteiger partial charge in [-0.1, -0.05) is 0 Å². The minimum Gasteiger partial charge on any atom is -0.383 e. The van der Waals surface area contributed by atoms with Gasteiger partial charge in [0, 0.05) is 19.6 Å². The molecule has 1 aliphatic rings. The highest BCUT2D eigenvalue weighted by atomic mass is 19.4. The minimum absolute atomic E-state index is 0.0229. The second kappa shape index (κ2) is 5.17. The second-order valence-electron chi connectivity index (χ2n) is 4.18. The quantitative estimate of drug-likeness (QED) is 0.817. The van der Waals surface area contributed by atoms with Crippen LogP contribution in [0.25, 0.3) is 0 Å². The van der Waals surface area contributed by atoms with Crippen molar-refractivity contribution in [3.8, 4) is 0 Å². The van der Waals surface area contributed by atoms with E-state index in [9.17, 15) is 13.2 Å². The molecule has 1 aliphatic heterocycles. The zero-order valence-corrected chi connectivity index (χ0v) is 10.1. The van der Waals surface area contributed by atoms with Gasteiger partial charge < -0.3 is 16.2 Å². The summed E-state index contributed by atoms with van der Waals surface area (Å²) in [5, 5.41) is 0. The molecule has 0 amide bonds. The summed E-state index contributed by atoms with van der Waals surface area (Å²) in [4.78, 5) is 8.86. The molecule has 4 N–H and O–H groups in total. The zero-order valence-electron chi connectivity index (χ0n) is 10.1. The van der Waals surface area contributed by atoms with Crippen molar-refractivity contribution >= 4 is 11.8 Å². The Balaban J connectivity index is 2.31. The summed E-state index contributed by atoms with van der Waals surface area (Å²) in [7, 11) is 0. The number of alkyl halides is 3. The Labute approximate surface area is 107 Å². The maximum absolute atomic E-state index is 13.0. The van der Waals surface area contributed by atoms with Gasteiger partial charge in [-0.3, -0.25) is 4.90 Å². The summed E-state index contributed by atoms with van der Waals surface area (Å²) < 4.78 is 44.0. The molecular weight excluding hydrogens is 263 g/mol. The van der Waals surface area contributed by atoms with Gasteiger partial charge in [0.2, 0.25) is 5.95 Å². The van der Waals surface area contributed by atoms with Crippen molar-refractivity contribution in [1.29, 1.82) is 0 Å². The van der Waals surface area contributed by atoms with Crippen LogP contribution in [0.5, 0.6) is 0 Å². The monoisotopic (exact) mass is 277 g/mol. The van der Waals surface area contributed by atoms with Crippen LogP contribution in [0.15, 0.2) is 0 Å². The lowest BCUT2D eigenvalue weighted by molar-refractivity contribution is -0.138. The number of nitrogens with zero attached hydrogens (tertiary/aromatic N) is 3. The van der Waals surface area contributed by atoms with E-state index in [0.717, 1.165) is 0 Å². The third-order valence-electron chi connectivity index (χ3n) is 2.79. The van der Waals surface area contributed by atoms with Gasteiger partial charge in [0.25, 0.3) is 0 Å². The molecule has 19 heavy (non-hydrogen) atoms. The molecule has 2 rings (SSSR count). The molecule has 1 aromatic heterocycles. The molecule has 0 unspecified atom stereocenters. The summed E-state index contributed by atoms with van der Waals surface area (Å²) >= 11 is 0. The van der Waals surface area contributed by atoms with E-state index in [-0.39, 0.29) is 18.2 Å². The molecule has 2 heterocycles. The topological polar surface area (TPSA) is 90.3 Å². The smallest absolute Gasteiger partial charge is 0.383 e. The molecule has 6 nitrogen and oxygen atoms in total. The normalized spacial score (nSPS) is 17.6. The van der Waals surface area contributed by atoms with Crippen molar-refractivity contribution in [2.45, 2.75) is 12.7 Å². The summed E-state index contributed by atoms with van der Waals surface area (Å²) in [6, 6.07) is 0. The molecule has 9 heteroatoms. The average molecular weight is 277 g/mol. The van der Waals surface area contributed by atoms with Gasteiger partial charge in [0.05, 0.1) is 18.9 Å².